The maximum absolute atomic E-state index is 7.75. The van der Waals surface area contributed by atoms with Gasteiger partial charge in [-0.15, -0.1) is 11.3 Å². The predicted octanol–water partition coefficient (Wildman–Crippen LogP) is 17.2. The Hall–Kier alpha value is -5.26. The second kappa shape index (κ2) is 14.9. The molecule has 0 radical (unpaired) electrons. The van der Waals surface area contributed by atoms with Gasteiger partial charge in [0.25, 0.3) is 6.71 Å². The molecule has 0 saturated carbocycles. The van der Waals surface area contributed by atoms with Gasteiger partial charge in [-0.05, 0) is 188 Å². The molecule has 5 aliphatic rings. The number of anilines is 6. The Morgan fingerprint density at radius 1 is 0.648 bits per heavy atom. The van der Waals surface area contributed by atoms with Crippen LogP contribution in [-0.2, 0) is 33.5 Å². The molecule has 0 N–H and O–H groups in total. The van der Waals surface area contributed by atoms with Crippen molar-refractivity contribution in [1.29, 1.82) is 0 Å². The number of rotatable bonds is 3. The molecule has 0 spiro atoms. The van der Waals surface area contributed by atoms with E-state index >= 15 is 0 Å². The molecule has 0 saturated heterocycles. The maximum Gasteiger partial charge on any atom is 0.297 e. The van der Waals surface area contributed by atoms with Crippen molar-refractivity contribution in [2.24, 2.45) is 11.8 Å². The van der Waals surface area contributed by atoms with E-state index in [1.807, 2.05) is 11.3 Å². The third-order valence-electron chi connectivity index (χ3n) is 19.0. The minimum atomic E-state index is -0.132. The van der Waals surface area contributed by atoms with Crippen LogP contribution in [0.4, 0.5) is 34.1 Å². The summed E-state index contributed by atoms with van der Waals surface area (Å²) in [7, 11) is 0. The molecule has 2 atom stereocenters. The monoisotopic (exact) mass is 953 g/mol. The Morgan fingerprint density at radius 3 is 2.10 bits per heavy atom. The zero-order valence-electron chi connectivity index (χ0n) is 45.0. The molecule has 0 fully saturated rings. The molecular formula is C66H73BN2OS. The van der Waals surface area contributed by atoms with Crippen molar-refractivity contribution in [3.8, 4) is 0 Å². The summed E-state index contributed by atoms with van der Waals surface area (Å²) in [5.41, 5.74) is 22.8. The largest absolute Gasteiger partial charge is 0.468 e. The summed E-state index contributed by atoms with van der Waals surface area (Å²) in [5.74, 6) is 1.72. The standard InChI is InChI=1S/C66H73BN2OS/c1-37(2)40-28-39-29-53-51(35-48(39)66(13,14)36-40)67-58-54(68(53)42-22-23-47-50(32-42)65(11,12)27-26-64(47,9)10)30-41(62(4,5)6)31-55(58)69(52-20-17-19-44-43-18-15-16-21-57(43)71-60(44)52)59-46-33-49-45(34-56(46)70-61(59)67)38(3)24-25-63(49,7)8/h15-23,29-35,37-38,40H,24-28,36H2,1-14H3. The summed E-state index contributed by atoms with van der Waals surface area (Å²) >= 11 is 1.93. The number of hydrogen-bond donors (Lipinski definition) is 0. The zero-order chi connectivity index (χ0) is 49.6. The van der Waals surface area contributed by atoms with E-state index in [2.05, 4.69) is 204 Å². The van der Waals surface area contributed by atoms with Crippen LogP contribution in [0.1, 0.15) is 174 Å². The summed E-state index contributed by atoms with van der Waals surface area (Å²) in [6.07, 6.45) is 7.05. The van der Waals surface area contributed by atoms with E-state index < -0.39 is 0 Å². The highest BCUT2D eigenvalue weighted by Crippen LogP contribution is 2.55. The highest BCUT2D eigenvalue weighted by atomic mass is 32.1. The van der Waals surface area contributed by atoms with Crippen LogP contribution in [-0.4, -0.2) is 6.71 Å². The molecule has 4 heterocycles. The molecule has 3 aliphatic carbocycles. The second-order valence-electron chi connectivity index (χ2n) is 27.0. The van der Waals surface area contributed by atoms with Gasteiger partial charge in [-0.1, -0.05) is 139 Å². The van der Waals surface area contributed by atoms with Gasteiger partial charge in [-0.2, -0.15) is 0 Å². The van der Waals surface area contributed by atoms with E-state index in [0.29, 0.717) is 17.8 Å². The molecule has 2 aromatic heterocycles. The molecule has 362 valence electrons. The molecule has 0 amide bonds. The number of benzene rings is 6. The first-order valence-corrected chi connectivity index (χ1v) is 28.0. The predicted molar refractivity (Wildman–Crippen MR) is 307 cm³/mol. The Morgan fingerprint density at radius 2 is 1.35 bits per heavy atom. The number of furan rings is 1. The Bertz CT molecular complexity index is 3570. The van der Waals surface area contributed by atoms with Crippen molar-refractivity contribution in [2.75, 3.05) is 9.80 Å². The fourth-order valence-electron chi connectivity index (χ4n) is 14.5. The van der Waals surface area contributed by atoms with Crippen LogP contribution in [0.3, 0.4) is 0 Å². The van der Waals surface area contributed by atoms with Crippen molar-refractivity contribution >= 4 is 99.9 Å². The van der Waals surface area contributed by atoms with Crippen LogP contribution in [0.2, 0.25) is 0 Å². The van der Waals surface area contributed by atoms with Crippen LogP contribution in [0.25, 0.3) is 31.1 Å². The van der Waals surface area contributed by atoms with E-state index in [1.165, 1.54) is 142 Å². The van der Waals surface area contributed by atoms with Gasteiger partial charge in [0.1, 0.15) is 5.58 Å². The summed E-state index contributed by atoms with van der Waals surface area (Å²) in [4.78, 5) is 5.41. The van der Waals surface area contributed by atoms with Gasteiger partial charge in [0, 0.05) is 43.6 Å². The first kappa shape index (κ1) is 45.6. The van der Waals surface area contributed by atoms with Crippen LogP contribution in [0.15, 0.2) is 101 Å². The summed E-state index contributed by atoms with van der Waals surface area (Å²) in [6, 6.07) is 39.2. The third kappa shape index (κ3) is 6.59. The average Bonchev–Trinajstić information content (AvgIpc) is 3.89. The van der Waals surface area contributed by atoms with Gasteiger partial charge in [-0.3, -0.25) is 0 Å². The number of nitrogens with zero attached hydrogens (tertiary/aromatic N) is 2. The summed E-state index contributed by atoms with van der Waals surface area (Å²) < 4.78 is 10.4. The van der Waals surface area contributed by atoms with Gasteiger partial charge in [0.2, 0.25) is 0 Å². The maximum atomic E-state index is 7.75. The molecule has 2 unspecified atom stereocenters. The molecule has 2 aliphatic heterocycles. The van der Waals surface area contributed by atoms with Gasteiger partial charge < -0.3 is 14.2 Å². The smallest absolute Gasteiger partial charge is 0.297 e. The van der Waals surface area contributed by atoms with E-state index in [1.54, 1.807) is 0 Å². The quantitative estimate of drug-likeness (QED) is 0.165. The van der Waals surface area contributed by atoms with E-state index in [-0.39, 0.29) is 33.8 Å². The molecule has 8 aromatic rings. The normalized spacial score (nSPS) is 21.3. The Labute approximate surface area is 428 Å². The average molecular weight is 953 g/mol. The van der Waals surface area contributed by atoms with Crippen molar-refractivity contribution in [3.05, 3.63) is 136 Å². The Kier molecular flexibility index (Phi) is 9.59. The zero-order valence-corrected chi connectivity index (χ0v) is 45.8. The van der Waals surface area contributed by atoms with Crippen LogP contribution < -0.4 is 26.4 Å². The van der Waals surface area contributed by atoms with Gasteiger partial charge in [-0.25, -0.2) is 0 Å². The Balaban J connectivity index is 1.19. The van der Waals surface area contributed by atoms with Crippen LogP contribution in [0.5, 0.6) is 0 Å². The van der Waals surface area contributed by atoms with Gasteiger partial charge in [0.05, 0.1) is 21.7 Å². The van der Waals surface area contributed by atoms with Crippen molar-refractivity contribution in [1.82, 2.24) is 0 Å². The van der Waals surface area contributed by atoms with Crippen LogP contribution >= 0.6 is 11.3 Å². The molecule has 13 rings (SSSR count). The van der Waals surface area contributed by atoms with Crippen LogP contribution in [0, 0.1) is 11.8 Å². The first-order valence-electron chi connectivity index (χ1n) is 27.1. The SMILES string of the molecule is CC1CCC(C)(C)c2cc3c4c(oc3cc21)B1c2cc3c(cc2N(c2ccc5c(c2)C(C)(C)CCC5(C)C)c2cc(C(C)(C)C)cc(c21)N4c1cccc2c1sc1ccccc12)CC(C(C)C)CC3(C)C. The van der Waals surface area contributed by atoms with Gasteiger partial charge in [0.15, 0.2) is 0 Å². The third-order valence-corrected chi connectivity index (χ3v) is 20.2. The molecule has 6 aromatic carbocycles. The fraction of sp³-hybridized carbons (Fsp3) is 0.424. The minimum Gasteiger partial charge on any atom is -0.468 e. The topological polar surface area (TPSA) is 19.6 Å². The summed E-state index contributed by atoms with van der Waals surface area (Å²) in [5, 5.41) is 3.87. The van der Waals surface area contributed by atoms with Crippen molar-refractivity contribution in [2.45, 2.75) is 168 Å². The van der Waals surface area contributed by atoms with Crippen molar-refractivity contribution in [3.63, 3.8) is 0 Å². The molecule has 71 heavy (non-hydrogen) atoms. The molecule has 5 heteroatoms. The molecule has 0 bridgehead atoms. The van der Waals surface area contributed by atoms with E-state index in [4.69, 9.17) is 4.42 Å². The minimum absolute atomic E-state index is 0.0258. The number of hydrogen-bond acceptors (Lipinski definition) is 4. The lowest BCUT2D eigenvalue weighted by Crippen LogP contribution is -2.61. The summed E-state index contributed by atoms with van der Waals surface area (Å²) in [6.45, 7) is 34.2. The lowest BCUT2D eigenvalue weighted by Gasteiger charge is -2.46. The first-order chi connectivity index (χ1) is 33.5. The highest BCUT2D eigenvalue weighted by Gasteiger charge is 2.50. The molecule has 3 nitrogen and oxygen atoms in total. The van der Waals surface area contributed by atoms with Gasteiger partial charge >= 0.3 is 0 Å². The van der Waals surface area contributed by atoms with E-state index in [9.17, 15) is 0 Å². The molecular weight excluding hydrogens is 880 g/mol. The lowest BCUT2D eigenvalue weighted by atomic mass is 9.35. The fourth-order valence-corrected chi connectivity index (χ4v) is 15.7. The number of fused-ring (bicyclic) bond motifs is 12. The highest BCUT2D eigenvalue weighted by molar-refractivity contribution is 7.26. The van der Waals surface area contributed by atoms with Crippen molar-refractivity contribution < 1.29 is 4.42 Å². The lowest BCUT2D eigenvalue weighted by molar-refractivity contribution is 0.264. The number of thiophene rings is 1. The second-order valence-corrected chi connectivity index (χ2v) is 28.0. The van der Waals surface area contributed by atoms with E-state index in [0.717, 1.165) is 17.7 Å².